The number of ether oxygens (including phenoxy) is 2. The number of hydrogen-bond donors (Lipinski definition) is 1. The van der Waals surface area contributed by atoms with Gasteiger partial charge in [0.2, 0.25) is 11.9 Å². The summed E-state index contributed by atoms with van der Waals surface area (Å²) < 4.78 is 11.6. The third-order valence-corrected chi connectivity index (χ3v) is 5.31. The molecular weight excluding hydrogens is 424 g/mol. The molecule has 0 aliphatic carbocycles. The first-order chi connectivity index (χ1) is 15.0. The highest BCUT2D eigenvalue weighted by Crippen LogP contribution is 2.35. The SMILES string of the molecule is COc1cc(OC)c(NC(=O)Cn2cnc3nc(N4CCCC4)ncc3c2=O)cc1Cl. The van der Waals surface area contributed by atoms with Gasteiger partial charge < -0.3 is 19.7 Å². The predicted octanol–water partition coefficient (Wildman–Crippen LogP) is 2.10. The first kappa shape index (κ1) is 20.9. The number of hydrogen-bond acceptors (Lipinski definition) is 8. The number of benzene rings is 1. The summed E-state index contributed by atoms with van der Waals surface area (Å²) in [5.74, 6) is 0.912. The Balaban J connectivity index is 1.55. The van der Waals surface area contributed by atoms with E-state index in [1.54, 1.807) is 6.07 Å². The molecule has 10 nitrogen and oxygen atoms in total. The molecule has 3 aromatic rings. The quantitative estimate of drug-likeness (QED) is 0.615. The number of nitrogens with one attached hydrogen (secondary N) is 1. The van der Waals surface area contributed by atoms with Crippen LogP contribution in [0.2, 0.25) is 5.02 Å². The van der Waals surface area contributed by atoms with E-state index in [1.807, 2.05) is 0 Å². The molecule has 11 heteroatoms. The molecule has 1 N–H and O–H groups in total. The Morgan fingerprint density at radius 2 is 1.90 bits per heavy atom. The van der Waals surface area contributed by atoms with Crippen LogP contribution >= 0.6 is 11.6 Å². The van der Waals surface area contributed by atoms with Gasteiger partial charge in [-0.3, -0.25) is 14.2 Å². The first-order valence-electron chi connectivity index (χ1n) is 9.68. The lowest BCUT2D eigenvalue weighted by Crippen LogP contribution is -2.28. The standard InChI is InChI=1S/C20H21ClN6O4/c1-30-15-8-16(31-2)14(7-13(15)21)24-17(28)10-27-11-23-18-12(19(27)29)9-22-20(25-18)26-5-3-4-6-26/h7-9,11H,3-6,10H2,1-2H3,(H,24,28). The number of carbonyl (C=O) groups excluding carboxylic acids is 1. The highest BCUT2D eigenvalue weighted by atomic mass is 35.5. The monoisotopic (exact) mass is 444 g/mol. The molecule has 1 saturated heterocycles. The van der Waals surface area contributed by atoms with Crippen molar-refractivity contribution in [2.45, 2.75) is 19.4 Å². The maximum Gasteiger partial charge on any atom is 0.264 e. The zero-order valence-corrected chi connectivity index (χ0v) is 17.8. The van der Waals surface area contributed by atoms with Gasteiger partial charge in [-0.05, 0) is 18.9 Å². The van der Waals surface area contributed by atoms with Crippen molar-refractivity contribution in [2.24, 2.45) is 0 Å². The van der Waals surface area contributed by atoms with Crippen LogP contribution in [0, 0.1) is 0 Å². The molecule has 162 valence electrons. The Morgan fingerprint density at radius 3 is 2.61 bits per heavy atom. The van der Waals surface area contributed by atoms with Crippen LogP contribution in [-0.2, 0) is 11.3 Å². The minimum absolute atomic E-state index is 0.248. The number of nitrogens with zero attached hydrogens (tertiary/aromatic N) is 5. The average Bonchev–Trinajstić information content (AvgIpc) is 3.31. The summed E-state index contributed by atoms with van der Waals surface area (Å²) in [7, 11) is 2.95. The summed E-state index contributed by atoms with van der Waals surface area (Å²) >= 11 is 6.14. The fraction of sp³-hybridized carbons (Fsp3) is 0.350. The van der Waals surface area contributed by atoms with E-state index in [1.165, 1.54) is 37.4 Å². The lowest BCUT2D eigenvalue weighted by Gasteiger charge is -2.15. The summed E-state index contributed by atoms with van der Waals surface area (Å²) in [6.07, 6.45) is 4.96. The molecule has 0 radical (unpaired) electrons. The zero-order chi connectivity index (χ0) is 22.0. The molecule has 31 heavy (non-hydrogen) atoms. The van der Waals surface area contributed by atoms with Crippen molar-refractivity contribution in [1.29, 1.82) is 0 Å². The van der Waals surface area contributed by atoms with E-state index in [0.29, 0.717) is 33.8 Å². The number of carbonyl (C=O) groups is 1. The van der Waals surface area contributed by atoms with Gasteiger partial charge in [0.25, 0.3) is 5.56 Å². The van der Waals surface area contributed by atoms with E-state index in [9.17, 15) is 9.59 Å². The van der Waals surface area contributed by atoms with Crippen LogP contribution in [0.5, 0.6) is 11.5 Å². The van der Waals surface area contributed by atoms with Crippen LogP contribution < -0.4 is 25.2 Å². The number of rotatable bonds is 6. The summed E-state index contributed by atoms with van der Waals surface area (Å²) in [6.45, 7) is 1.53. The first-order valence-corrected chi connectivity index (χ1v) is 10.1. The van der Waals surface area contributed by atoms with Crippen LogP contribution in [0.1, 0.15) is 12.8 Å². The van der Waals surface area contributed by atoms with Crippen molar-refractivity contribution in [3.63, 3.8) is 0 Å². The van der Waals surface area contributed by atoms with E-state index < -0.39 is 11.5 Å². The summed E-state index contributed by atoms with van der Waals surface area (Å²) in [5, 5.41) is 3.26. The number of fused-ring (bicyclic) bond motifs is 1. The predicted molar refractivity (Wildman–Crippen MR) is 116 cm³/mol. The molecule has 0 atom stereocenters. The summed E-state index contributed by atoms with van der Waals surface area (Å²) in [6, 6.07) is 3.09. The number of methoxy groups -OCH3 is 2. The zero-order valence-electron chi connectivity index (χ0n) is 17.1. The van der Waals surface area contributed by atoms with Crippen LogP contribution in [0.15, 0.2) is 29.5 Å². The minimum Gasteiger partial charge on any atom is -0.495 e. The smallest absolute Gasteiger partial charge is 0.264 e. The van der Waals surface area contributed by atoms with E-state index in [2.05, 4.69) is 25.2 Å². The highest BCUT2D eigenvalue weighted by Gasteiger charge is 2.18. The largest absolute Gasteiger partial charge is 0.495 e. The summed E-state index contributed by atoms with van der Waals surface area (Å²) in [5.41, 5.74) is 0.272. The summed E-state index contributed by atoms with van der Waals surface area (Å²) in [4.78, 5) is 40.4. The number of halogens is 1. The van der Waals surface area contributed by atoms with Crippen molar-refractivity contribution in [3.8, 4) is 11.5 Å². The van der Waals surface area contributed by atoms with Gasteiger partial charge in [-0.25, -0.2) is 9.97 Å². The van der Waals surface area contributed by atoms with Crippen molar-refractivity contribution >= 4 is 40.2 Å². The molecule has 0 unspecified atom stereocenters. The van der Waals surface area contributed by atoms with E-state index >= 15 is 0 Å². The molecule has 0 bridgehead atoms. The molecule has 0 spiro atoms. The topological polar surface area (TPSA) is 111 Å². The maximum atomic E-state index is 12.8. The van der Waals surface area contributed by atoms with E-state index in [4.69, 9.17) is 21.1 Å². The molecule has 1 fully saturated rings. The van der Waals surface area contributed by atoms with Gasteiger partial charge in [0.1, 0.15) is 29.8 Å². The second-order valence-electron chi connectivity index (χ2n) is 7.01. The Bertz CT molecular complexity index is 1190. The van der Waals surface area contributed by atoms with Gasteiger partial charge in [0.05, 0.1) is 24.9 Å². The number of anilines is 2. The van der Waals surface area contributed by atoms with E-state index in [-0.39, 0.29) is 11.9 Å². The Labute approximate surface area is 182 Å². The van der Waals surface area contributed by atoms with Crippen molar-refractivity contribution in [1.82, 2.24) is 19.5 Å². The van der Waals surface area contributed by atoms with Crippen LogP contribution in [0.3, 0.4) is 0 Å². The second kappa shape index (κ2) is 8.76. The molecule has 1 aliphatic rings. The Hall–Kier alpha value is -3.40. The minimum atomic E-state index is -0.447. The molecule has 2 aromatic heterocycles. The molecule has 0 saturated carbocycles. The fourth-order valence-corrected chi connectivity index (χ4v) is 3.67. The molecule has 3 heterocycles. The number of amides is 1. The Kier molecular flexibility index (Phi) is 5.90. The van der Waals surface area contributed by atoms with Gasteiger partial charge in [0, 0.05) is 25.4 Å². The van der Waals surface area contributed by atoms with Gasteiger partial charge in [-0.2, -0.15) is 4.98 Å². The van der Waals surface area contributed by atoms with Crippen LogP contribution in [0.25, 0.3) is 11.0 Å². The third-order valence-electron chi connectivity index (χ3n) is 5.02. The van der Waals surface area contributed by atoms with Gasteiger partial charge in [-0.15, -0.1) is 0 Å². The lowest BCUT2D eigenvalue weighted by molar-refractivity contribution is -0.116. The molecule has 4 rings (SSSR count). The average molecular weight is 445 g/mol. The molecular formula is C20H21ClN6O4. The molecule has 1 aromatic carbocycles. The van der Waals surface area contributed by atoms with Crippen molar-refractivity contribution in [2.75, 3.05) is 37.5 Å². The Morgan fingerprint density at radius 1 is 1.16 bits per heavy atom. The normalized spacial score (nSPS) is 13.5. The lowest BCUT2D eigenvalue weighted by atomic mass is 10.2. The fourth-order valence-electron chi connectivity index (χ4n) is 3.43. The number of aromatic nitrogens is 4. The van der Waals surface area contributed by atoms with Crippen molar-refractivity contribution in [3.05, 3.63) is 40.0 Å². The molecule has 1 aliphatic heterocycles. The van der Waals surface area contributed by atoms with Crippen LogP contribution in [-0.4, -0.2) is 52.7 Å². The van der Waals surface area contributed by atoms with Crippen LogP contribution in [0.4, 0.5) is 11.6 Å². The second-order valence-corrected chi connectivity index (χ2v) is 7.42. The van der Waals surface area contributed by atoms with Gasteiger partial charge in [0.15, 0.2) is 5.65 Å². The highest BCUT2D eigenvalue weighted by molar-refractivity contribution is 6.32. The van der Waals surface area contributed by atoms with E-state index in [0.717, 1.165) is 25.9 Å². The maximum absolute atomic E-state index is 12.8. The van der Waals surface area contributed by atoms with Crippen molar-refractivity contribution < 1.29 is 14.3 Å². The molecule has 1 amide bonds. The van der Waals surface area contributed by atoms with Gasteiger partial charge in [-0.1, -0.05) is 11.6 Å². The third kappa shape index (κ3) is 4.24. The van der Waals surface area contributed by atoms with Gasteiger partial charge >= 0.3 is 0 Å².